The first-order chi connectivity index (χ1) is 9.55. The number of nitrogens with zero attached hydrogens (tertiary/aromatic N) is 4. The maximum Gasteiger partial charge on any atom is 0.162 e. The van der Waals surface area contributed by atoms with E-state index in [1.165, 1.54) is 6.20 Å². The Morgan fingerprint density at radius 2 is 2.30 bits per heavy atom. The van der Waals surface area contributed by atoms with Crippen molar-refractivity contribution >= 4 is 17.4 Å². The molecule has 20 heavy (non-hydrogen) atoms. The zero-order valence-electron chi connectivity index (χ0n) is 11.4. The Morgan fingerprint density at radius 1 is 1.55 bits per heavy atom. The van der Waals surface area contributed by atoms with Crippen molar-refractivity contribution in [2.45, 2.75) is 13.0 Å². The number of aromatic nitrogens is 3. The second-order valence-electron chi connectivity index (χ2n) is 4.29. The van der Waals surface area contributed by atoms with Crippen LogP contribution < -0.4 is 10.1 Å². The minimum atomic E-state index is -0.135. The van der Waals surface area contributed by atoms with E-state index in [1.54, 1.807) is 24.1 Å². The van der Waals surface area contributed by atoms with E-state index in [-0.39, 0.29) is 6.04 Å². The van der Waals surface area contributed by atoms with Crippen molar-refractivity contribution in [2.75, 3.05) is 12.4 Å². The Labute approximate surface area is 121 Å². The number of aryl methyl sites for hydroxylation is 1. The summed E-state index contributed by atoms with van der Waals surface area (Å²) in [5.41, 5.74) is 1.18. The van der Waals surface area contributed by atoms with E-state index in [0.717, 1.165) is 5.69 Å². The Bertz CT molecular complexity index is 661. The van der Waals surface area contributed by atoms with Crippen LogP contribution in [0.1, 0.15) is 24.2 Å². The fraction of sp³-hybridized carbons (Fsp3) is 0.308. The summed E-state index contributed by atoms with van der Waals surface area (Å²) < 4.78 is 6.95. The summed E-state index contributed by atoms with van der Waals surface area (Å²) in [4.78, 5) is 4.14. The highest BCUT2D eigenvalue weighted by Crippen LogP contribution is 2.28. The van der Waals surface area contributed by atoms with Gasteiger partial charge in [0.1, 0.15) is 17.6 Å². The van der Waals surface area contributed by atoms with Gasteiger partial charge in [0.2, 0.25) is 0 Å². The van der Waals surface area contributed by atoms with Gasteiger partial charge in [-0.3, -0.25) is 4.68 Å². The van der Waals surface area contributed by atoms with Crippen molar-refractivity contribution in [3.05, 3.63) is 34.7 Å². The molecule has 0 fully saturated rings. The molecule has 0 saturated carbocycles. The molecule has 6 nitrogen and oxygen atoms in total. The molecule has 0 unspecified atom stereocenters. The molecule has 2 rings (SSSR count). The van der Waals surface area contributed by atoms with Crippen LogP contribution in [0.5, 0.6) is 5.75 Å². The first-order valence-corrected chi connectivity index (χ1v) is 6.32. The van der Waals surface area contributed by atoms with Gasteiger partial charge in [-0.15, -0.1) is 0 Å². The van der Waals surface area contributed by atoms with Crippen LogP contribution in [0.2, 0.25) is 5.02 Å². The Kier molecular flexibility index (Phi) is 4.11. The topological polar surface area (TPSA) is 75.8 Å². The van der Waals surface area contributed by atoms with E-state index in [0.29, 0.717) is 22.2 Å². The third kappa shape index (κ3) is 2.83. The van der Waals surface area contributed by atoms with Gasteiger partial charge in [-0.25, -0.2) is 4.98 Å². The van der Waals surface area contributed by atoms with Gasteiger partial charge in [0.25, 0.3) is 0 Å². The summed E-state index contributed by atoms with van der Waals surface area (Å²) >= 11 is 6.09. The van der Waals surface area contributed by atoms with E-state index < -0.39 is 0 Å². The van der Waals surface area contributed by atoms with E-state index in [2.05, 4.69) is 15.4 Å². The predicted octanol–water partition coefficient (Wildman–Crippen LogP) is 2.52. The van der Waals surface area contributed by atoms with Gasteiger partial charge >= 0.3 is 0 Å². The van der Waals surface area contributed by atoms with Crippen molar-refractivity contribution in [2.24, 2.45) is 7.05 Å². The highest BCUT2D eigenvalue weighted by molar-refractivity contribution is 6.33. The lowest BCUT2D eigenvalue weighted by molar-refractivity contribution is 0.407. The molecule has 0 saturated heterocycles. The van der Waals surface area contributed by atoms with Gasteiger partial charge in [-0.2, -0.15) is 10.4 Å². The van der Waals surface area contributed by atoms with Crippen molar-refractivity contribution in [1.82, 2.24) is 14.8 Å². The van der Waals surface area contributed by atoms with E-state index in [9.17, 15) is 0 Å². The number of ether oxygens (including phenoxy) is 1. The van der Waals surface area contributed by atoms with Crippen molar-refractivity contribution in [1.29, 1.82) is 5.26 Å². The molecular weight excluding hydrogens is 278 g/mol. The van der Waals surface area contributed by atoms with Crippen molar-refractivity contribution < 1.29 is 4.74 Å². The van der Waals surface area contributed by atoms with Crippen LogP contribution in [0.25, 0.3) is 0 Å². The fourth-order valence-corrected chi connectivity index (χ4v) is 2.04. The van der Waals surface area contributed by atoms with Gasteiger partial charge in [-0.05, 0) is 13.0 Å². The fourth-order valence-electron chi connectivity index (χ4n) is 1.82. The number of hydrogen-bond donors (Lipinski definition) is 1. The van der Waals surface area contributed by atoms with Crippen LogP contribution in [0.15, 0.2) is 18.5 Å². The summed E-state index contributed by atoms with van der Waals surface area (Å²) in [7, 11) is 3.42. The number of rotatable bonds is 4. The second-order valence-corrected chi connectivity index (χ2v) is 4.70. The first-order valence-electron chi connectivity index (χ1n) is 5.95. The van der Waals surface area contributed by atoms with E-state index in [4.69, 9.17) is 21.6 Å². The molecule has 0 amide bonds. The zero-order valence-corrected chi connectivity index (χ0v) is 12.1. The van der Waals surface area contributed by atoms with Gasteiger partial charge < -0.3 is 10.1 Å². The molecule has 0 bridgehead atoms. The van der Waals surface area contributed by atoms with E-state index in [1.807, 2.05) is 20.0 Å². The highest BCUT2D eigenvalue weighted by atomic mass is 35.5. The van der Waals surface area contributed by atoms with Crippen LogP contribution >= 0.6 is 11.6 Å². The Hall–Kier alpha value is -2.26. The zero-order chi connectivity index (χ0) is 14.7. The largest absolute Gasteiger partial charge is 0.493 e. The van der Waals surface area contributed by atoms with Crippen LogP contribution in [0.3, 0.4) is 0 Å². The molecule has 2 aromatic heterocycles. The number of nitrogens with one attached hydrogen (secondary N) is 1. The number of pyridine rings is 1. The molecule has 1 atom stereocenters. The second kappa shape index (κ2) is 5.80. The number of anilines is 1. The molecule has 7 heteroatoms. The number of hydrogen-bond acceptors (Lipinski definition) is 5. The summed E-state index contributed by atoms with van der Waals surface area (Å²) in [5, 5.41) is 16.7. The maximum absolute atomic E-state index is 8.79. The quantitative estimate of drug-likeness (QED) is 0.937. The van der Waals surface area contributed by atoms with Gasteiger partial charge in [-0.1, -0.05) is 11.6 Å². The third-order valence-electron chi connectivity index (χ3n) is 2.78. The molecular formula is C13H14ClN5O. The molecule has 0 aliphatic carbocycles. The molecule has 2 heterocycles. The molecule has 0 aromatic carbocycles. The normalized spacial score (nSPS) is 11.8. The monoisotopic (exact) mass is 291 g/mol. The molecule has 0 aliphatic heterocycles. The van der Waals surface area contributed by atoms with Crippen LogP contribution in [0.4, 0.5) is 5.82 Å². The predicted molar refractivity (Wildman–Crippen MR) is 75.8 cm³/mol. The average Bonchev–Trinajstić information content (AvgIpc) is 2.82. The molecule has 1 N–H and O–H groups in total. The molecule has 2 aromatic rings. The summed E-state index contributed by atoms with van der Waals surface area (Å²) in [5.74, 6) is 1.20. The number of halogens is 1. The lowest BCUT2D eigenvalue weighted by Gasteiger charge is -2.14. The summed E-state index contributed by atoms with van der Waals surface area (Å²) in [6, 6.07) is 3.42. The van der Waals surface area contributed by atoms with Gasteiger partial charge in [0.05, 0.1) is 29.9 Å². The Morgan fingerprint density at radius 3 is 2.90 bits per heavy atom. The van der Waals surface area contributed by atoms with Crippen molar-refractivity contribution in [3.8, 4) is 11.8 Å². The molecule has 0 aliphatic rings. The van der Waals surface area contributed by atoms with Gasteiger partial charge in [0.15, 0.2) is 5.75 Å². The third-order valence-corrected chi connectivity index (χ3v) is 3.06. The Balaban J connectivity index is 2.23. The molecule has 0 spiro atoms. The average molecular weight is 292 g/mol. The number of nitriles is 1. The van der Waals surface area contributed by atoms with Gasteiger partial charge in [0, 0.05) is 13.2 Å². The standard InChI is InChI=1S/C13H14ClN5O/c1-8(12-11(20-3)7-19(2)18-12)17-13-10(14)4-9(5-15)6-16-13/h4,6-8H,1-3H3,(H,16,17)/t8-/m0/s1. The van der Waals surface area contributed by atoms with Crippen molar-refractivity contribution in [3.63, 3.8) is 0 Å². The maximum atomic E-state index is 8.79. The van der Waals surface area contributed by atoms with Crippen LogP contribution in [0, 0.1) is 11.3 Å². The number of methoxy groups -OCH3 is 1. The van der Waals surface area contributed by atoms with E-state index >= 15 is 0 Å². The van der Waals surface area contributed by atoms with Crippen LogP contribution in [-0.4, -0.2) is 21.9 Å². The highest BCUT2D eigenvalue weighted by Gasteiger charge is 2.17. The lowest BCUT2D eigenvalue weighted by Crippen LogP contribution is -2.10. The molecule has 0 radical (unpaired) electrons. The summed E-state index contributed by atoms with van der Waals surface area (Å²) in [6.07, 6.45) is 3.26. The minimum absolute atomic E-state index is 0.135. The molecule has 104 valence electrons. The minimum Gasteiger partial charge on any atom is -0.493 e. The lowest BCUT2D eigenvalue weighted by atomic mass is 10.2. The summed E-state index contributed by atoms with van der Waals surface area (Å²) in [6.45, 7) is 1.93. The van der Waals surface area contributed by atoms with Crippen LogP contribution in [-0.2, 0) is 7.05 Å². The SMILES string of the molecule is COc1cn(C)nc1[C@H](C)Nc1ncc(C#N)cc1Cl. The first kappa shape index (κ1) is 14.2. The smallest absolute Gasteiger partial charge is 0.162 e.